The van der Waals surface area contributed by atoms with Crippen LogP contribution in [-0.4, -0.2) is 74.6 Å². The number of benzene rings is 4. The van der Waals surface area contributed by atoms with Gasteiger partial charge in [-0.3, -0.25) is 43.8 Å². The standard InChI is InChI=1S/C52H52FN7O10/c1-5-30-14-18-39-36(23-30)47(63)46(29(2)59(39)3)49(65)57-32-16-20-41(37(53)25-32)70-50-35-26-42(68-4)43(27-38(35)54-28-55-50)69-22-12-10-8-6-7-9-11-13-44(61)56-31-15-17-33-34(24-31)52(67)60(51(33)66)40-19-21-45(62)58-48(40)64/h14-18,20,23-28,40H,5-13,19,21-22H2,1-4H3,(H,56,61)(H,57,65)(H,58,62,64). The Morgan fingerprint density at radius 3 is 2.27 bits per heavy atom. The summed E-state index contributed by atoms with van der Waals surface area (Å²) in [6, 6.07) is 16.3. The molecule has 1 atom stereocenters. The molecule has 6 aromatic rings. The van der Waals surface area contributed by atoms with E-state index in [1.165, 1.54) is 37.7 Å². The van der Waals surface area contributed by atoms with Gasteiger partial charge in [-0.15, -0.1) is 0 Å². The summed E-state index contributed by atoms with van der Waals surface area (Å²) < 4.78 is 35.0. The van der Waals surface area contributed by atoms with Gasteiger partial charge in [0.2, 0.25) is 29.0 Å². The van der Waals surface area contributed by atoms with Crippen molar-refractivity contribution in [3.63, 3.8) is 0 Å². The molecule has 3 N–H and O–H groups in total. The van der Waals surface area contributed by atoms with E-state index in [9.17, 15) is 33.6 Å². The van der Waals surface area contributed by atoms with Gasteiger partial charge in [-0.25, -0.2) is 14.4 Å². The fourth-order valence-corrected chi connectivity index (χ4v) is 8.77. The monoisotopic (exact) mass is 953 g/mol. The first-order valence-electron chi connectivity index (χ1n) is 23.3. The summed E-state index contributed by atoms with van der Waals surface area (Å²) in [4.78, 5) is 99.1. The summed E-state index contributed by atoms with van der Waals surface area (Å²) in [5, 5.41) is 8.52. The molecule has 4 heterocycles. The van der Waals surface area contributed by atoms with Crippen LogP contribution >= 0.6 is 0 Å². The molecular weight excluding hydrogens is 902 g/mol. The number of anilines is 2. The molecule has 0 saturated carbocycles. The third-order valence-corrected chi connectivity index (χ3v) is 12.7. The number of rotatable bonds is 19. The minimum Gasteiger partial charge on any atom is -0.493 e. The predicted molar refractivity (Wildman–Crippen MR) is 258 cm³/mol. The lowest BCUT2D eigenvalue weighted by Gasteiger charge is -2.27. The quantitative estimate of drug-likeness (QED) is 0.0519. The van der Waals surface area contributed by atoms with Crippen molar-refractivity contribution in [3.05, 3.63) is 117 Å². The average Bonchev–Trinajstić information content (AvgIpc) is 3.59. The van der Waals surface area contributed by atoms with E-state index >= 15 is 4.39 Å². The molecule has 2 aliphatic rings. The van der Waals surface area contributed by atoms with Crippen LogP contribution in [0.5, 0.6) is 23.1 Å². The number of nitrogens with one attached hydrogen (secondary N) is 3. The van der Waals surface area contributed by atoms with Crippen molar-refractivity contribution >= 4 is 68.6 Å². The zero-order chi connectivity index (χ0) is 49.6. The molecular formula is C52H52FN7O10. The summed E-state index contributed by atoms with van der Waals surface area (Å²) >= 11 is 0. The van der Waals surface area contributed by atoms with E-state index in [-0.39, 0.29) is 59.2 Å². The molecule has 2 aromatic heterocycles. The smallest absolute Gasteiger partial charge is 0.262 e. The Labute approximate surface area is 401 Å². The number of halogens is 1. The number of pyridine rings is 1. The predicted octanol–water partition coefficient (Wildman–Crippen LogP) is 8.08. The van der Waals surface area contributed by atoms with Crippen molar-refractivity contribution in [1.82, 2.24) is 24.8 Å². The molecule has 0 spiro atoms. The van der Waals surface area contributed by atoms with Gasteiger partial charge < -0.3 is 29.4 Å². The molecule has 1 fully saturated rings. The Balaban J connectivity index is 0.768. The first-order chi connectivity index (χ1) is 33.8. The highest BCUT2D eigenvalue weighted by atomic mass is 19.1. The summed E-state index contributed by atoms with van der Waals surface area (Å²) in [6.45, 7) is 4.11. The first kappa shape index (κ1) is 48.4. The molecule has 2 aliphatic heterocycles. The average molecular weight is 954 g/mol. The highest BCUT2D eigenvalue weighted by Gasteiger charge is 2.44. The van der Waals surface area contributed by atoms with Crippen LogP contribution < -0.4 is 35.6 Å². The molecule has 362 valence electrons. The molecule has 8 rings (SSSR count). The Hall–Kier alpha value is -8.02. The van der Waals surface area contributed by atoms with E-state index in [1.807, 2.05) is 19.1 Å². The molecule has 1 unspecified atom stereocenters. The van der Waals surface area contributed by atoms with E-state index in [0.717, 1.165) is 61.5 Å². The van der Waals surface area contributed by atoms with Gasteiger partial charge in [0.1, 0.15) is 17.9 Å². The van der Waals surface area contributed by atoms with E-state index in [0.29, 0.717) is 57.7 Å². The molecule has 4 aromatic carbocycles. The fraction of sp³-hybridized carbons (Fsp3) is 0.327. The van der Waals surface area contributed by atoms with Gasteiger partial charge in [0.25, 0.3) is 17.7 Å². The molecule has 0 aliphatic carbocycles. The molecule has 17 nitrogen and oxygen atoms in total. The molecule has 1 saturated heterocycles. The number of imide groups is 2. The number of amides is 6. The summed E-state index contributed by atoms with van der Waals surface area (Å²) in [7, 11) is 3.29. The summed E-state index contributed by atoms with van der Waals surface area (Å²) in [6.07, 6.45) is 8.55. The normalized spacial score (nSPS) is 14.5. The maximum absolute atomic E-state index is 15.6. The van der Waals surface area contributed by atoms with Crippen LogP contribution in [0.2, 0.25) is 0 Å². The SMILES string of the molecule is CCc1ccc2c(c1)c(=O)c(C(=O)Nc1ccc(Oc3ncnc4cc(OCCCCCCCCCC(=O)Nc5ccc6c(c5)C(=O)N(C5CCC(=O)NC5=O)C6=O)c(OC)cc34)c(F)c1)c(C)n2C. The summed E-state index contributed by atoms with van der Waals surface area (Å²) in [5.41, 5.74) is 2.97. The Bertz CT molecular complexity index is 3150. The van der Waals surface area contributed by atoms with Gasteiger partial charge in [0, 0.05) is 54.5 Å². The van der Waals surface area contributed by atoms with Crippen molar-refractivity contribution in [2.45, 2.75) is 90.5 Å². The third kappa shape index (κ3) is 10.2. The molecule has 6 amide bonds. The lowest BCUT2D eigenvalue weighted by atomic mass is 10.0. The maximum atomic E-state index is 15.6. The number of unbranched alkanes of at least 4 members (excludes halogenated alkanes) is 6. The fourth-order valence-electron chi connectivity index (χ4n) is 8.77. The van der Waals surface area contributed by atoms with Crippen molar-refractivity contribution in [2.75, 3.05) is 24.4 Å². The van der Waals surface area contributed by atoms with Gasteiger partial charge in [-0.2, -0.15) is 0 Å². The second-order valence-electron chi connectivity index (χ2n) is 17.3. The van der Waals surface area contributed by atoms with E-state index in [2.05, 4.69) is 25.9 Å². The topological polar surface area (TPSA) is 217 Å². The molecule has 18 heteroatoms. The van der Waals surface area contributed by atoms with Gasteiger partial charge in [0.15, 0.2) is 23.1 Å². The highest BCUT2D eigenvalue weighted by Crippen LogP contribution is 2.37. The van der Waals surface area contributed by atoms with Gasteiger partial charge in [-0.1, -0.05) is 45.1 Å². The largest absolute Gasteiger partial charge is 0.493 e. The number of fused-ring (bicyclic) bond motifs is 3. The number of piperidine rings is 1. The van der Waals surface area contributed by atoms with Crippen LogP contribution in [0, 0.1) is 12.7 Å². The lowest BCUT2D eigenvalue weighted by molar-refractivity contribution is -0.136. The minimum atomic E-state index is -1.06. The van der Waals surface area contributed by atoms with Crippen LogP contribution in [-0.2, 0) is 27.9 Å². The maximum Gasteiger partial charge on any atom is 0.262 e. The van der Waals surface area contributed by atoms with Gasteiger partial charge in [-0.05, 0) is 86.7 Å². The number of ether oxygens (including phenoxy) is 3. The van der Waals surface area contributed by atoms with Crippen LogP contribution in [0.4, 0.5) is 15.8 Å². The zero-order valence-corrected chi connectivity index (χ0v) is 39.2. The Morgan fingerprint density at radius 1 is 0.800 bits per heavy atom. The number of carbonyl (C=O) groups is 6. The van der Waals surface area contributed by atoms with Crippen molar-refractivity contribution in [3.8, 4) is 23.1 Å². The zero-order valence-electron chi connectivity index (χ0n) is 39.2. The van der Waals surface area contributed by atoms with Gasteiger partial charge >= 0.3 is 0 Å². The minimum absolute atomic E-state index is 0.0258. The van der Waals surface area contributed by atoms with Crippen molar-refractivity contribution in [1.29, 1.82) is 0 Å². The second kappa shape index (κ2) is 21.1. The van der Waals surface area contributed by atoms with Crippen LogP contribution in [0.25, 0.3) is 21.8 Å². The molecule has 0 bridgehead atoms. The van der Waals surface area contributed by atoms with Crippen LogP contribution in [0.15, 0.2) is 77.9 Å². The number of aromatic nitrogens is 3. The van der Waals surface area contributed by atoms with E-state index in [1.54, 1.807) is 42.8 Å². The molecule has 70 heavy (non-hydrogen) atoms. The Kier molecular flexibility index (Phi) is 14.6. The van der Waals surface area contributed by atoms with E-state index < -0.39 is 46.8 Å². The van der Waals surface area contributed by atoms with Crippen LogP contribution in [0.3, 0.4) is 0 Å². The van der Waals surface area contributed by atoms with Crippen molar-refractivity contribution < 1.29 is 47.4 Å². The molecule has 0 radical (unpaired) electrons. The van der Waals surface area contributed by atoms with Crippen LogP contribution in [0.1, 0.15) is 113 Å². The number of hydrogen-bond donors (Lipinski definition) is 3. The number of carbonyl (C=O) groups excluding carboxylic acids is 6. The van der Waals surface area contributed by atoms with Crippen molar-refractivity contribution in [2.24, 2.45) is 7.05 Å². The van der Waals surface area contributed by atoms with E-state index in [4.69, 9.17) is 14.2 Å². The lowest BCUT2D eigenvalue weighted by Crippen LogP contribution is -2.54. The summed E-state index contributed by atoms with van der Waals surface area (Å²) in [5.74, 6) is -3.21. The number of hydrogen-bond acceptors (Lipinski definition) is 12. The number of aryl methyl sites for hydroxylation is 2. The third-order valence-electron chi connectivity index (χ3n) is 12.7. The highest BCUT2D eigenvalue weighted by molar-refractivity contribution is 6.24. The van der Waals surface area contributed by atoms with Gasteiger partial charge in [0.05, 0.1) is 41.3 Å². The number of nitrogens with zero attached hydrogens (tertiary/aromatic N) is 4. The number of methoxy groups -OCH3 is 1. The first-order valence-corrected chi connectivity index (χ1v) is 23.3. The Morgan fingerprint density at radius 2 is 1.53 bits per heavy atom. The second-order valence-corrected chi connectivity index (χ2v) is 17.3.